The maximum Gasteiger partial charge on any atom is 0.325 e. The summed E-state index contributed by atoms with van der Waals surface area (Å²) in [6.45, 7) is 6.33. The summed E-state index contributed by atoms with van der Waals surface area (Å²) >= 11 is 0. The van der Waals surface area contributed by atoms with E-state index in [1.54, 1.807) is 6.92 Å². The molecule has 0 aromatic carbocycles. The lowest BCUT2D eigenvalue weighted by Crippen LogP contribution is -2.46. The molecule has 0 amide bonds. The van der Waals surface area contributed by atoms with Gasteiger partial charge in [0.1, 0.15) is 5.54 Å². The standard InChI is InChI=1S/C14H26N2O2/c1-3-18-13(17)14(2,15)7-4-8-16-10-11-5-6-12(16)9-11/h11-12H,3-10,15H2,1-2H3. The fourth-order valence-electron chi connectivity index (χ4n) is 3.35. The largest absolute Gasteiger partial charge is 0.465 e. The zero-order chi connectivity index (χ0) is 13.2. The van der Waals surface area contributed by atoms with Crippen molar-refractivity contribution in [2.45, 2.75) is 57.5 Å². The van der Waals surface area contributed by atoms with E-state index in [0.29, 0.717) is 13.0 Å². The third-order valence-corrected chi connectivity index (χ3v) is 4.41. The van der Waals surface area contributed by atoms with Gasteiger partial charge in [-0.2, -0.15) is 0 Å². The molecule has 3 unspecified atom stereocenters. The normalized spacial score (nSPS) is 30.4. The molecule has 0 aromatic rings. The number of carbonyl (C=O) groups is 1. The zero-order valence-corrected chi connectivity index (χ0v) is 11.7. The Labute approximate surface area is 110 Å². The van der Waals surface area contributed by atoms with Crippen LogP contribution in [-0.4, -0.2) is 42.1 Å². The average Bonchev–Trinajstić information content (AvgIpc) is 2.91. The number of esters is 1. The molecule has 1 saturated carbocycles. The predicted octanol–water partition coefficient (Wildman–Crippen LogP) is 1.53. The number of piperidine rings is 1. The molecule has 2 N–H and O–H groups in total. The molecule has 3 atom stereocenters. The maximum atomic E-state index is 11.7. The van der Waals surface area contributed by atoms with Crippen molar-refractivity contribution in [2.24, 2.45) is 11.7 Å². The summed E-state index contributed by atoms with van der Waals surface area (Å²) in [6, 6.07) is 0.807. The summed E-state index contributed by atoms with van der Waals surface area (Å²) in [7, 11) is 0. The summed E-state index contributed by atoms with van der Waals surface area (Å²) in [5.74, 6) is 0.664. The highest BCUT2D eigenvalue weighted by Gasteiger charge is 2.37. The van der Waals surface area contributed by atoms with Crippen LogP contribution in [0.2, 0.25) is 0 Å². The number of hydrogen-bond acceptors (Lipinski definition) is 4. The van der Waals surface area contributed by atoms with E-state index in [9.17, 15) is 4.79 Å². The van der Waals surface area contributed by atoms with E-state index in [2.05, 4.69) is 4.90 Å². The van der Waals surface area contributed by atoms with Crippen molar-refractivity contribution in [2.75, 3.05) is 19.7 Å². The molecule has 0 radical (unpaired) electrons. The number of likely N-dealkylation sites (tertiary alicyclic amines) is 1. The summed E-state index contributed by atoms with van der Waals surface area (Å²) in [6.07, 6.45) is 5.85. The molecule has 1 saturated heterocycles. The fourth-order valence-corrected chi connectivity index (χ4v) is 3.35. The van der Waals surface area contributed by atoms with Crippen molar-refractivity contribution in [3.8, 4) is 0 Å². The summed E-state index contributed by atoms with van der Waals surface area (Å²) in [5.41, 5.74) is 5.19. The molecule has 2 rings (SSSR count). The van der Waals surface area contributed by atoms with E-state index in [-0.39, 0.29) is 5.97 Å². The Hall–Kier alpha value is -0.610. The third kappa shape index (κ3) is 3.04. The smallest absolute Gasteiger partial charge is 0.325 e. The van der Waals surface area contributed by atoms with Crippen LogP contribution < -0.4 is 5.73 Å². The molecule has 1 aliphatic carbocycles. The highest BCUT2D eigenvalue weighted by atomic mass is 16.5. The van der Waals surface area contributed by atoms with Gasteiger partial charge in [0.15, 0.2) is 0 Å². The SMILES string of the molecule is CCOC(=O)C(C)(N)CCCN1CC2CCC1C2. The zero-order valence-electron chi connectivity index (χ0n) is 11.7. The Bertz CT molecular complexity index is 304. The van der Waals surface area contributed by atoms with Crippen LogP contribution in [0.4, 0.5) is 0 Å². The average molecular weight is 254 g/mol. The van der Waals surface area contributed by atoms with Crippen LogP contribution in [0.3, 0.4) is 0 Å². The Morgan fingerprint density at radius 3 is 2.83 bits per heavy atom. The second kappa shape index (κ2) is 5.57. The van der Waals surface area contributed by atoms with E-state index < -0.39 is 5.54 Å². The first-order chi connectivity index (χ1) is 8.53. The first kappa shape index (κ1) is 13.8. The lowest BCUT2D eigenvalue weighted by molar-refractivity contribution is -0.149. The highest BCUT2D eigenvalue weighted by molar-refractivity contribution is 5.79. The van der Waals surface area contributed by atoms with Gasteiger partial charge in [0.2, 0.25) is 0 Å². The minimum absolute atomic E-state index is 0.270. The molecule has 4 heteroatoms. The maximum absolute atomic E-state index is 11.7. The number of ether oxygens (including phenoxy) is 1. The van der Waals surface area contributed by atoms with Gasteiger partial charge in [-0.25, -0.2) is 0 Å². The Balaban J connectivity index is 1.70. The number of carbonyl (C=O) groups excluding carboxylic acids is 1. The van der Waals surface area contributed by atoms with Gasteiger partial charge in [0, 0.05) is 12.6 Å². The van der Waals surface area contributed by atoms with Crippen molar-refractivity contribution in [3.63, 3.8) is 0 Å². The van der Waals surface area contributed by atoms with E-state index >= 15 is 0 Å². The lowest BCUT2D eigenvalue weighted by atomic mass is 9.97. The Morgan fingerprint density at radius 1 is 1.50 bits per heavy atom. The van der Waals surface area contributed by atoms with Crippen molar-refractivity contribution in [3.05, 3.63) is 0 Å². The molecule has 104 valence electrons. The van der Waals surface area contributed by atoms with Gasteiger partial charge < -0.3 is 15.4 Å². The van der Waals surface area contributed by atoms with Gasteiger partial charge in [0.05, 0.1) is 6.61 Å². The predicted molar refractivity (Wildman–Crippen MR) is 71.2 cm³/mol. The summed E-state index contributed by atoms with van der Waals surface area (Å²) < 4.78 is 5.00. The van der Waals surface area contributed by atoms with Gasteiger partial charge in [-0.15, -0.1) is 0 Å². The van der Waals surface area contributed by atoms with Crippen molar-refractivity contribution >= 4 is 5.97 Å². The van der Waals surface area contributed by atoms with Crippen molar-refractivity contribution in [1.82, 2.24) is 4.90 Å². The number of nitrogens with zero attached hydrogens (tertiary/aromatic N) is 1. The minimum atomic E-state index is -0.825. The lowest BCUT2D eigenvalue weighted by Gasteiger charge is -2.28. The molecule has 1 aliphatic heterocycles. The number of fused-ring (bicyclic) bond motifs is 2. The Morgan fingerprint density at radius 2 is 2.28 bits per heavy atom. The third-order valence-electron chi connectivity index (χ3n) is 4.41. The first-order valence-corrected chi connectivity index (χ1v) is 7.23. The molecule has 2 fully saturated rings. The van der Waals surface area contributed by atoms with Gasteiger partial charge in [-0.1, -0.05) is 0 Å². The second-order valence-corrected chi connectivity index (χ2v) is 6.07. The molecule has 18 heavy (non-hydrogen) atoms. The van der Waals surface area contributed by atoms with E-state index in [1.165, 1.54) is 25.8 Å². The van der Waals surface area contributed by atoms with Crippen LogP contribution in [-0.2, 0) is 9.53 Å². The van der Waals surface area contributed by atoms with Crippen LogP contribution in [0.1, 0.15) is 46.0 Å². The van der Waals surface area contributed by atoms with Gasteiger partial charge in [0.25, 0.3) is 0 Å². The van der Waals surface area contributed by atoms with E-state index in [1.807, 2.05) is 6.92 Å². The highest BCUT2D eigenvalue weighted by Crippen LogP contribution is 2.37. The minimum Gasteiger partial charge on any atom is -0.465 e. The molecule has 1 heterocycles. The van der Waals surface area contributed by atoms with Crippen molar-refractivity contribution in [1.29, 1.82) is 0 Å². The number of nitrogens with two attached hydrogens (primary N) is 1. The Kier molecular flexibility index (Phi) is 4.28. The van der Waals surface area contributed by atoms with E-state index in [0.717, 1.165) is 24.9 Å². The van der Waals surface area contributed by atoms with Gasteiger partial charge in [-0.3, -0.25) is 4.79 Å². The topological polar surface area (TPSA) is 55.6 Å². The number of hydrogen-bond donors (Lipinski definition) is 1. The number of rotatable bonds is 6. The van der Waals surface area contributed by atoms with Gasteiger partial charge in [-0.05, 0) is 58.4 Å². The molecule has 0 spiro atoms. The second-order valence-electron chi connectivity index (χ2n) is 6.07. The van der Waals surface area contributed by atoms with Crippen LogP contribution in [0.5, 0.6) is 0 Å². The van der Waals surface area contributed by atoms with Crippen LogP contribution in [0.25, 0.3) is 0 Å². The quantitative estimate of drug-likeness (QED) is 0.730. The molecular formula is C14H26N2O2. The van der Waals surface area contributed by atoms with Gasteiger partial charge >= 0.3 is 5.97 Å². The molecule has 2 bridgehead atoms. The van der Waals surface area contributed by atoms with Crippen LogP contribution in [0, 0.1) is 5.92 Å². The fraction of sp³-hybridized carbons (Fsp3) is 0.929. The molecule has 2 aliphatic rings. The first-order valence-electron chi connectivity index (χ1n) is 7.23. The van der Waals surface area contributed by atoms with E-state index in [4.69, 9.17) is 10.5 Å². The molecule has 0 aromatic heterocycles. The van der Waals surface area contributed by atoms with Crippen molar-refractivity contribution < 1.29 is 9.53 Å². The molecular weight excluding hydrogens is 228 g/mol. The summed E-state index contributed by atoms with van der Waals surface area (Å²) in [4.78, 5) is 14.2. The van der Waals surface area contributed by atoms with Crippen LogP contribution in [0.15, 0.2) is 0 Å². The van der Waals surface area contributed by atoms with Crippen LogP contribution >= 0.6 is 0 Å². The summed E-state index contributed by atoms with van der Waals surface area (Å²) in [5, 5.41) is 0. The monoisotopic (exact) mass is 254 g/mol. The molecule has 4 nitrogen and oxygen atoms in total.